The number of hydrogen-bond acceptors (Lipinski definition) is 4. The number of rotatable bonds is 5. The lowest BCUT2D eigenvalue weighted by Gasteiger charge is -2.34. The third-order valence-electron chi connectivity index (χ3n) is 6.05. The maximum atomic E-state index is 13.3. The van der Waals surface area contributed by atoms with Crippen molar-refractivity contribution >= 4 is 17.7 Å². The molecule has 2 fully saturated rings. The largest absolute Gasteiger partial charge is 0.416 e. The zero-order valence-electron chi connectivity index (χ0n) is 17.0. The van der Waals surface area contributed by atoms with Gasteiger partial charge < -0.3 is 9.64 Å². The summed E-state index contributed by atoms with van der Waals surface area (Å²) in [6.45, 7) is 2.75. The Morgan fingerprint density at radius 2 is 1.93 bits per heavy atom. The maximum Gasteiger partial charge on any atom is 0.416 e. The minimum Gasteiger partial charge on any atom is -0.381 e. The predicted molar refractivity (Wildman–Crippen MR) is 101 cm³/mol. The zero-order valence-corrected chi connectivity index (χ0v) is 17.0. The molecule has 164 valence electrons. The van der Waals surface area contributed by atoms with Crippen LogP contribution < -0.4 is 0 Å². The number of carbonyl (C=O) groups is 3. The van der Waals surface area contributed by atoms with Crippen LogP contribution in [-0.2, 0) is 30.7 Å². The van der Waals surface area contributed by atoms with Crippen molar-refractivity contribution in [1.82, 2.24) is 9.80 Å². The van der Waals surface area contributed by atoms with Gasteiger partial charge in [-0.3, -0.25) is 19.3 Å². The summed E-state index contributed by atoms with van der Waals surface area (Å²) in [7, 11) is 1.62. The van der Waals surface area contributed by atoms with Crippen molar-refractivity contribution in [3.63, 3.8) is 0 Å². The summed E-state index contributed by atoms with van der Waals surface area (Å²) in [6.07, 6.45) is -3.99. The molecule has 0 radical (unpaired) electrons. The highest BCUT2D eigenvalue weighted by Gasteiger charge is 2.54. The van der Waals surface area contributed by atoms with E-state index in [1.165, 1.54) is 17.0 Å². The fourth-order valence-electron chi connectivity index (χ4n) is 4.24. The van der Waals surface area contributed by atoms with Crippen molar-refractivity contribution in [3.8, 4) is 0 Å². The molecule has 2 aliphatic heterocycles. The lowest BCUT2D eigenvalue weighted by atomic mass is 9.75. The first-order chi connectivity index (χ1) is 14.1. The first-order valence-corrected chi connectivity index (χ1v) is 9.96. The molecule has 6 nitrogen and oxygen atoms in total. The summed E-state index contributed by atoms with van der Waals surface area (Å²) >= 11 is 0. The van der Waals surface area contributed by atoms with Crippen LogP contribution in [0.15, 0.2) is 24.3 Å². The van der Waals surface area contributed by atoms with E-state index in [1.54, 1.807) is 14.0 Å². The van der Waals surface area contributed by atoms with Crippen molar-refractivity contribution in [2.24, 2.45) is 0 Å². The van der Waals surface area contributed by atoms with E-state index in [0.717, 1.165) is 17.0 Å². The maximum absolute atomic E-state index is 13.3. The fourth-order valence-corrected chi connectivity index (χ4v) is 4.24. The van der Waals surface area contributed by atoms with Crippen LogP contribution in [0.2, 0.25) is 0 Å². The molecule has 3 amide bonds. The second-order valence-electron chi connectivity index (χ2n) is 7.81. The van der Waals surface area contributed by atoms with Gasteiger partial charge in [0.25, 0.3) is 0 Å². The molecule has 0 spiro atoms. The highest BCUT2D eigenvalue weighted by atomic mass is 19.4. The van der Waals surface area contributed by atoms with Gasteiger partial charge in [0.1, 0.15) is 0 Å². The summed E-state index contributed by atoms with van der Waals surface area (Å²) in [5, 5.41) is 0. The topological polar surface area (TPSA) is 66.9 Å². The molecule has 1 aromatic rings. The summed E-state index contributed by atoms with van der Waals surface area (Å²) < 4.78 is 45.1. The van der Waals surface area contributed by atoms with Crippen molar-refractivity contribution in [1.29, 1.82) is 0 Å². The van der Waals surface area contributed by atoms with Crippen molar-refractivity contribution in [3.05, 3.63) is 35.4 Å². The Bertz CT molecular complexity index is 836. The molecule has 2 heterocycles. The Morgan fingerprint density at radius 1 is 1.27 bits per heavy atom. The molecule has 0 saturated carbocycles. The Labute approximate surface area is 173 Å². The van der Waals surface area contributed by atoms with Gasteiger partial charge >= 0.3 is 6.18 Å². The van der Waals surface area contributed by atoms with E-state index >= 15 is 0 Å². The van der Waals surface area contributed by atoms with Gasteiger partial charge in [0.05, 0.1) is 11.0 Å². The summed E-state index contributed by atoms with van der Waals surface area (Å²) in [5.74, 6) is -1.48. The molecular formula is C21H25F3N2O4. The van der Waals surface area contributed by atoms with E-state index in [1.807, 2.05) is 0 Å². The Morgan fingerprint density at radius 3 is 2.50 bits per heavy atom. The second kappa shape index (κ2) is 8.37. The lowest BCUT2D eigenvalue weighted by molar-refractivity contribution is -0.143. The first-order valence-electron chi connectivity index (χ1n) is 9.96. The molecule has 0 aromatic heterocycles. The smallest absolute Gasteiger partial charge is 0.381 e. The van der Waals surface area contributed by atoms with Crippen molar-refractivity contribution in [2.75, 3.05) is 26.8 Å². The molecule has 2 aliphatic rings. The van der Waals surface area contributed by atoms with Crippen LogP contribution >= 0.6 is 0 Å². The van der Waals surface area contributed by atoms with E-state index in [9.17, 15) is 27.6 Å². The van der Waals surface area contributed by atoms with Crippen LogP contribution in [-0.4, -0.2) is 60.4 Å². The van der Waals surface area contributed by atoms with Gasteiger partial charge in [-0.25, -0.2) is 0 Å². The zero-order chi connectivity index (χ0) is 22.1. The van der Waals surface area contributed by atoms with Gasteiger partial charge in [0, 0.05) is 45.7 Å². The van der Waals surface area contributed by atoms with Crippen LogP contribution in [0.25, 0.3) is 0 Å². The number of likely N-dealkylation sites (N-methyl/N-ethyl adjacent to an activating group) is 1. The summed E-state index contributed by atoms with van der Waals surface area (Å²) in [6, 6.07) is 4.32. The molecule has 0 unspecified atom stereocenters. The van der Waals surface area contributed by atoms with Gasteiger partial charge in [-0.15, -0.1) is 0 Å². The van der Waals surface area contributed by atoms with Gasteiger partial charge in [-0.2, -0.15) is 13.2 Å². The monoisotopic (exact) mass is 426 g/mol. The molecular weight excluding hydrogens is 401 g/mol. The van der Waals surface area contributed by atoms with E-state index in [-0.39, 0.29) is 36.9 Å². The van der Waals surface area contributed by atoms with Gasteiger partial charge in [0.2, 0.25) is 17.7 Å². The first kappa shape index (κ1) is 22.3. The predicted octanol–water partition coefficient (Wildman–Crippen LogP) is 2.75. The lowest BCUT2D eigenvalue weighted by Crippen LogP contribution is -2.46. The van der Waals surface area contributed by atoms with Crippen LogP contribution in [0, 0.1) is 0 Å². The quantitative estimate of drug-likeness (QED) is 0.679. The van der Waals surface area contributed by atoms with Gasteiger partial charge in [-0.1, -0.05) is 18.2 Å². The number of nitrogens with zero attached hydrogens (tertiary/aromatic N) is 2. The molecule has 1 aromatic carbocycles. The average molecular weight is 426 g/mol. The van der Waals surface area contributed by atoms with Crippen LogP contribution in [0.1, 0.15) is 43.7 Å². The molecule has 0 N–H and O–H groups in total. The summed E-state index contributed by atoms with van der Waals surface area (Å²) in [5.41, 5.74) is -2.51. The third kappa shape index (κ3) is 4.08. The number of hydrogen-bond donors (Lipinski definition) is 0. The molecule has 1 atom stereocenters. The number of amides is 3. The number of ether oxygens (including phenoxy) is 1. The van der Waals surface area contributed by atoms with Crippen molar-refractivity contribution < 1.29 is 32.3 Å². The molecule has 3 rings (SSSR count). The molecule has 0 aliphatic carbocycles. The molecule has 0 bridgehead atoms. The Kier molecular flexibility index (Phi) is 6.21. The van der Waals surface area contributed by atoms with Crippen LogP contribution in [0.4, 0.5) is 13.2 Å². The Hall–Kier alpha value is -2.42. The van der Waals surface area contributed by atoms with E-state index < -0.39 is 29.0 Å². The fraction of sp³-hybridized carbons (Fsp3) is 0.571. The number of imide groups is 1. The SMILES string of the molecule is CCN1C(=O)C[C@](CC(=O)N(C)C2CCOCC2)(c2cccc(C(F)(F)F)c2)C1=O. The normalized spacial score (nSPS) is 23.2. The summed E-state index contributed by atoms with van der Waals surface area (Å²) in [4.78, 5) is 41.3. The van der Waals surface area contributed by atoms with E-state index in [2.05, 4.69) is 0 Å². The number of likely N-dealkylation sites (tertiary alicyclic amines) is 1. The highest BCUT2D eigenvalue weighted by Crippen LogP contribution is 2.42. The molecule has 30 heavy (non-hydrogen) atoms. The van der Waals surface area contributed by atoms with E-state index in [0.29, 0.717) is 26.1 Å². The van der Waals surface area contributed by atoms with Crippen LogP contribution in [0.5, 0.6) is 0 Å². The average Bonchev–Trinajstić information content (AvgIpc) is 2.97. The third-order valence-corrected chi connectivity index (χ3v) is 6.05. The minimum absolute atomic E-state index is 0.0420. The van der Waals surface area contributed by atoms with Gasteiger partial charge in [-0.05, 0) is 31.4 Å². The molecule has 9 heteroatoms. The Balaban J connectivity index is 1.99. The van der Waals surface area contributed by atoms with E-state index in [4.69, 9.17) is 4.74 Å². The van der Waals surface area contributed by atoms with Crippen LogP contribution in [0.3, 0.4) is 0 Å². The number of halogens is 3. The van der Waals surface area contributed by atoms with Gasteiger partial charge in [0.15, 0.2) is 0 Å². The van der Waals surface area contributed by atoms with Crippen molar-refractivity contribution in [2.45, 2.75) is 50.2 Å². The standard InChI is InChI=1S/C21H25F3N2O4/c1-3-26-18(28)13-20(19(26)29,14-5-4-6-15(11-14)21(22,23)24)12-17(27)25(2)16-7-9-30-10-8-16/h4-6,11,16H,3,7-10,12-13H2,1-2H3/t20-/m1/s1. The molecule has 2 saturated heterocycles. The number of alkyl halides is 3. The highest BCUT2D eigenvalue weighted by molar-refractivity contribution is 6.10. The number of benzene rings is 1. The number of carbonyl (C=O) groups excluding carboxylic acids is 3. The second-order valence-corrected chi connectivity index (χ2v) is 7.81. The minimum atomic E-state index is -4.60.